The molecule has 7 nitrogen and oxygen atoms in total. The zero-order chi connectivity index (χ0) is 15.8. The number of carbonyl (C=O) groups is 3. The number of thioether (sulfide) groups is 1. The minimum absolute atomic E-state index is 0.0616. The van der Waals surface area contributed by atoms with E-state index in [1.807, 2.05) is 0 Å². The highest BCUT2D eigenvalue weighted by Gasteiger charge is 2.25. The number of carboxylic acids is 1. The minimum Gasteiger partial charge on any atom is -0.549 e. The molecule has 0 unspecified atom stereocenters. The van der Waals surface area contributed by atoms with Crippen molar-refractivity contribution in [3.05, 3.63) is 0 Å². The minimum atomic E-state index is -1.24. The standard InChI is InChI=1S/C12H21NO6S/c1-5-18-10(16)8(6-20-7-9(14)15)13-11(17)19-12(2,3)4/h8H,5-7H2,1-4H3,(H,13,17)(H,14,15)/p-1/t8-/m1/s1. The highest BCUT2D eigenvalue weighted by molar-refractivity contribution is 8.00. The normalized spacial score (nSPS) is 12.4. The summed E-state index contributed by atoms with van der Waals surface area (Å²) in [6.45, 7) is 6.87. The summed E-state index contributed by atoms with van der Waals surface area (Å²) in [5, 5.41) is 12.7. The van der Waals surface area contributed by atoms with Crippen LogP contribution in [0.5, 0.6) is 0 Å². The number of nitrogens with one attached hydrogen (secondary N) is 1. The zero-order valence-electron chi connectivity index (χ0n) is 12.1. The maximum absolute atomic E-state index is 11.7. The summed E-state index contributed by atoms with van der Waals surface area (Å²) in [7, 11) is 0. The lowest BCUT2D eigenvalue weighted by Gasteiger charge is -2.22. The summed E-state index contributed by atoms with van der Waals surface area (Å²) >= 11 is 0.950. The van der Waals surface area contributed by atoms with Crippen molar-refractivity contribution in [1.82, 2.24) is 5.32 Å². The van der Waals surface area contributed by atoms with Crippen molar-refractivity contribution in [2.75, 3.05) is 18.1 Å². The number of alkyl carbamates (subject to hydrolysis) is 1. The van der Waals surface area contributed by atoms with Crippen LogP contribution in [0.15, 0.2) is 0 Å². The van der Waals surface area contributed by atoms with Crippen molar-refractivity contribution in [3.63, 3.8) is 0 Å². The molecule has 0 aromatic heterocycles. The maximum Gasteiger partial charge on any atom is 0.408 e. The molecule has 0 aliphatic carbocycles. The number of aliphatic carboxylic acids is 1. The van der Waals surface area contributed by atoms with Gasteiger partial charge in [0.1, 0.15) is 11.6 Å². The molecular formula is C12H20NO6S-. The highest BCUT2D eigenvalue weighted by Crippen LogP contribution is 2.09. The van der Waals surface area contributed by atoms with E-state index in [0.29, 0.717) is 0 Å². The predicted octanol–water partition coefficient (Wildman–Crippen LogP) is -0.0741. The van der Waals surface area contributed by atoms with Crippen molar-refractivity contribution in [2.24, 2.45) is 0 Å². The average Bonchev–Trinajstić information content (AvgIpc) is 2.24. The zero-order valence-corrected chi connectivity index (χ0v) is 12.9. The van der Waals surface area contributed by atoms with Crippen LogP contribution >= 0.6 is 11.8 Å². The van der Waals surface area contributed by atoms with Crippen LogP contribution in [0.25, 0.3) is 0 Å². The number of amides is 1. The SMILES string of the molecule is CCOC(=O)[C@@H](CSCC(=O)[O-])NC(=O)OC(C)(C)C. The van der Waals surface area contributed by atoms with E-state index in [0.717, 1.165) is 11.8 Å². The quantitative estimate of drug-likeness (QED) is 0.656. The fourth-order valence-electron chi connectivity index (χ4n) is 1.12. The Bertz CT molecular complexity index is 352. The van der Waals surface area contributed by atoms with Crippen LogP contribution in [0.4, 0.5) is 4.79 Å². The van der Waals surface area contributed by atoms with Crippen molar-refractivity contribution in [3.8, 4) is 0 Å². The first-order chi connectivity index (χ1) is 9.15. The molecule has 20 heavy (non-hydrogen) atoms. The summed E-state index contributed by atoms with van der Waals surface area (Å²) in [4.78, 5) is 33.6. The van der Waals surface area contributed by atoms with Crippen LogP contribution in [0, 0.1) is 0 Å². The third-order valence-electron chi connectivity index (χ3n) is 1.77. The molecule has 0 fully saturated rings. The lowest BCUT2D eigenvalue weighted by Crippen LogP contribution is -2.46. The van der Waals surface area contributed by atoms with E-state index in [9.17, 15) is 19.5 Å². The van der Waals surface area contributed by atoms with E-state index in [1.54, 1.807) is 27.7 Å². The fraction of sp³-hybridized carbons (Fsp3) is 0.750. The third-order valence-corrected chi connectivity index (χ3v) is 2.78. The Hall–Kier alpha value is -1.44. The molecule has 1 atom stereocenters. The maximum atomic E-state index is 11.7. The first-order valence-electron chi connectivity index (χ1n) is 6.09. The third kappa shape index (κ3) is 9.48. The number of carbonyl (C=O) groups excluding carboxylic acids is 3. The number of ether oxygens (including phenoxy) is 2. The van der Waals surface area contributed by atoms with Crippen LogP contribution in [0.1, 0.15) is 27.7 Å². The molecule has 0 aliphatic rings. The topological polar surface area (TPSA) is 105 Å². The molecule has 1 amide bonds. The van der Waals surface area contributed by atoms with E-state index in [1.165, 1.54) is 0 Å². The van der Waals surface area contributed by atoms with E-state index < -0.39 is 29.7 Å². The van der Waals surface area contributed by atoms with Crippen molar-refractivity contribution in [1.29, 1.82) is 0 Å². The Morgan fingerprint density at radius 3 is 2.35 bits per heavy atom. The molecule has 0 aliphatic heterocycles. The Labute approximate surface area is 122 Å². The molecule has 0 aromatic rings. The van der Waals surface area contributed by atoms with Gasteiger partial charge in [-0.3, -0.25) is 0 Å². The number of carboxylic acid groups (broad SMARTS) is 1. The first kappa shape index (κ1) is 18.6. The van der Waals surface area contributed by atoms with Gasteiger partial charge >= 0.3 is 12.1 Å². The van der Waals surface area contributed by atoms with E-state index in [2.05, 4.69) is 5.32 Å². The van der Waals surface area contributed by atoms with Gasteiger partial charge < -0.3 is 24.7 Å². The first-order valence-corrected chi connectivity index (χ1v) is 7.25. The molecule has 0 rings (SSSR count). The Morgan fingerprint density at radius 1 is 1.30 bits per heavy atom. The van der Waals surface area contributed by atoms with Gasteiger partial charge in [-0.2, -0.15) is 11.8 Å². The lowest BCUT2D eigenvalue weighted by molar-refractivity contribution is -0.301. The number of hydrogen-bond acceptors (Lipinski definition) is 7. The molecule has 1 N–H and O–H groups in total. The second kappa shape index (κ2) is 8.68. The van der Waals surface area contributed by atoms with Crippen LogP contribution in [0.3, 0.4) is 0 Å². The molecular weight excluding hydrogens is 286 g/mol. The molecule has 0 bridgehead atoms. The van der Waals surface area contributed by atoms with Gasteiger partial charge in [0, 0.05) is 11.5 Å². The van der Waals surface area contributed by atoms with E-state index >= 15 is 0 Å². The van der Waals surface area contributed by atoms with Crippen LogP contribution in [-0.4, -0.2) is 47.8 Å². The number of rotatable bonds is 7. The molecule has 0 aromatic carbocycles. The van der Waals surface area contributed by atoms with Crippen molar-refractivity contribution >= 4 is 29.8 Å². The summed E-state index contributed by atoms with van der Waals surface area (Å²) in [6, 6.07) is -0.964. The summed E-state index contributed by atoms with van der Waals surface area (Å²) in [5.41, 5.74) is -0.693. The average molecular weight is 306 g/mol. The van der Waals surface area contributed by atoms with Crippen molar-refractivity contribution < 1.29 is 29.0 Å². The predicted molar refractivity (Wildman–Crippen MR) is 72.1 cm³/mol. The summed E-state index contributed by atoms with van der Waals surface area (Å²) < 4.78 is 9.84. The summed E-state index contributed by atoms with van der Waals surface area (Å²) in [6.07, 6.45) is -0.760. The Kier molecular flexibility index (Phi) is 8.05. The van der Waals surface area contributed by atoms with Gasteiger partial charge in [0.25, 0.3) is 0 Å². The molecule has 0 heterocycles. The Balaban J connectivity index is 4.48. The van der Waals surface area contributed by atoms with Gasteiger partial charge in [0.15, 0.2) is 0 Å². The van der Waals surface area contributed by atoms with Gasteiger partial charge in [0.2, 0.25) is 0 Å². The smallest absolute Gasteiger partial charge is 0.408 e. The molecule has 0 saturated heterocycles. The van der Waals surface area contributed by atoms with Crippen LogP contribution in [-0.2, 0) is 19.1 Å². The molecule has 116 valence electrons. The second-order valence-electron chi connectivity index (χ2n) is 4.84. The van der Waals surface area contributed by atoms with Gasteiger partial charge in [-0.05, 0) is 27.7 Å². The highest BCUT2D eigenvalue weighted by atomic mass is 32.2. The monoisotopic (exact) mass is 306 g/mol. The Morgan fingerprint density at radius 2 is 1.90 bits per heavy atom. The number of esters is 1. The number of hydrogen-bond donors (Lipinski definition) is 1. The lowest BCUT2D eigenvalue weighted by atomic mass is 10.2. The largest absolute Gasteiger partial charge is 0.549 e. The van der Waals surface area contributed by atoms with Gasteiger partial charge in [-0.15, -0.1) is 0 Å². The van der Waals surface area contributed by atoms with Crippen LogP contribution in [0.2, 0.25) is 0 Å². The summed E-state index contributed by atoms with van der Waals surface area (Å²) in [5.74, 6) is -2.09. The van der Waals surface area contributed by atoms with Crippen LogP contribution < -0.4 is 10.4 Å². The van der Waals surface area contributed by atoms with Gasteiger partial charge in [-0.1, -0.05) is 0 Å². The molecule has 8 heteroatoms. The van der Waals surface area contributed by atoms with Crippen molar-refractivity contribution in [2.45, 2.75) is 39.3 Å². The van der Waals surface area contributed by atoms with Gasteiger partial charge in [-0.25, -0.2) is 9.59 Å². The fourth-order valence-corrected chi connectivity index (χ4v) is 1.86. The second-order valence-corrected chi connectivity index (χ2v) is 5.87. The van der Waals surface area contributed by atoms with Gasteiger partial charge in [0.05, 0.1) is 12.6 Å². The molecule has 0 radical (unpaired) electrons. The van der Waals surface area contributed by atoms with E-state index in [4.69, 9.17) is 9.47 Å². The molecule has 0 spiro atoms. The molecule has 0 saturated carbocycles. The van der Waals surface area contributed by atoms with E-state index in [-0.39, 0.29) is 18.1 Å².